The molecule has 0 bridgehead atoms. The minimum atomic E-state index is -1.66. The number of hydrogen-bond donors (Lipinski definition) is 8. The summed E-state index contributed by atoms with van der Waals surface area (Å²) in [4.78, 5) is 86.2. The quantitative estimate of drug-likeness (QED) is 0.226. The van der Waals surface area contributed by atoms with Crippen LogP contribution in [0, 0.1) is 0 Å². The fraction of sp³-hybridized carbons (Fsp3) is 0. The van der Waals surface area contributed by atoms with Crippen LogP contribution in [0.2, 0.25) is 0 Å². The number of benzene rings is 2. The average Bonchev–Trinajstić information content (AvgIpc) is 2.76. The molecule has 2 aromatic rings. The normalized spacial score (nSPS) is 9.51. The fourth-order valence-electron chi connectivity index (χ4n) is 2.61. The second kappa shape index (κ2) is 12.0. The molecule has 0 amide bonds. The Morgan fingerprint density at radius 1 is 0.297 bits per heavy atom. The van der Waals surface area contributed by atoms with Crippen LogP contribution >= 0.6 is 0 Å². The molecule has 2 aromatic carbocycles. The Kier molecular flexibility index (Phi) is 10.1. The van der Waals surface area contributed by atoms with Crippen LogP contribution in [0.3, 0.4) is 0 Å². The Morgan fingerprint density at radius 3 is 0.432 bits per heavy atom. The Hall–Kier alpha value is -5.84. The molecule has 0 aliphatic heterocycles. The van der Waals surface area contributed by atoms with Crippen molar-refractivity contribution in [1.29, 1.82) is 0 Å². The maximum atomic E-state index is 10.8. The molecular weight excluding hydrogens is 512 g/mol. The van der Waals surface area contributed by atoms with Gasteiger partial charge in [-0.1, -0.05) is 0 Å². The smallest absolute Gasteiger partial charge is 0.336 e. The number of aromatic carboxylic acids is 8. The largest absolute Gasteiger partial charge is 0.478 e. The Bertz CT molecular complexity index is 1050. The molecule has 0 saturated heterocycles. The molecular formula is C20H14O17. The van der Waals surface area contributed by atoms with E-state index < -0.39 is 92.3 Å². The summed E-state index contributed by atoms with van der Waals surface area (Å²) >= 11 is 0. The van der Waals surface area contributed by atoms with E-state index in [-0.39, 0.29) is 5.48 Å². The molecule has 0 radical (unpaired) electrons. The van der Waals surface area contributed by atoms with Crippen molar-refractivity contribution in [1.82, 2.24) is 0 Å². The first-order valence-corrected chi connectivity index (χ1v) is 8.73. The van der Waals surface area contributed by atoms with Gasteiger partial charge in [0.1, 0.15) is 0 Å². The van der Waals surface area contributed by atoms with E-state index >= 15 is 0 Å². The standard InChI is InChI=1S/2C10H6O8.H2O/c2*11-7(12)3-1-4(8(13)14)6(10(17)18)2-5(3)9(15)16;/h2*1-2H,(H,11,12)(H,13,14)(H,15,16)(H,17,18);1H2. The summed E-state index contributed by atoms with van der Waals surface area (Å²) in [5.41, 5.74) is -6.30. The molecule has 10 N–H and O–H groups in total. The number of carbonyl (C=O) groups is 8. The van der Waals surface area contributed by atoms with E-state index in [9.17, 15) is 38.4 Å². The maximum absolute atomic E-state index is 10.8. The average molecular weight is 526 g/mol. The lowest BCUT2D eigenvalue weighted by atomic mass is 9.98. The lowest BCUT2D eigenvalue weighted by Gasteiger charge is -2.06. The van der Waals surface area contributed by atoms with Crippen LogP contribution in [0.15, 0.2) is 24.3 Å². The summed E-state index contributed by atoms with van der Waals surface area (Å²) in [6.45, 7) is 0. The van der Waals surface area contributed by atoms with Crippen molar-refractivity contribution in [2.45, 2.75) is 0 Å². The zero-order valence-corrected chi connectivity index (χ0v) is 17.7. The predicted molar refractivity (Wildman–Crippen MR) is 112 cm³/mol. The van der Waals surface area contributed by atoms with E-state index in [1.165, 1.54) is 0 Å². The predicted octanol–water partition coefficient (Wildman–Crippen LogP) is 0.134. The van der Waals surface area contributed by atoms with Crippen LogP contribution in [0.1, 0.15) is 82.9 Å². The van der Waals surface area contributed by atoms with E-state index in [1.807, 2.05) is 0 Å². The Labute approximate surface area is 202 Å². The van der Waals surface area contributed by atoms with Crippen molar-refractivity contribution >= 4 is 47.8 Å². The molecule has 0 aliphatic rings. The summed E-state index contributed by atoms with van der Waals surface area (Å²) in [5.74, 6) is -13.3. The summed E-state index contributed by atoms with van der Waals surface area (Å²) < 4.78 is 0. The third-order valence-electron chi connectivity index (χ3n) is 4.16. The number of hydrogen-bond acceptors (Lipinski definition) is 8. The maximum Gasteiger partial charge on any atom is 0.336 e. The molecule has 0 unspecified atom stereocenters. The lowest BCUT2D eigenvalue weighted by Crippen LogP contribution is -2.15. The van der Waals surface area contributed by atoms with Crippen LogP contribution in [-0.2, 0) is 0 Å². The van der Waals surface area contributed by atoms with Gasteiger partial charge in [-0.25, -0.2) is 38.4 Å². The monoisotopic (exact) mass is 526 g/mol. The molecule has 0 heterocycles. The number of carboxylic acids is 8. The highest BCUT2D eigenvalue weighted by Gasteiger charge is 2.26. The van der Waals surface area contributed by atoms with Gasteiger partial charge in [-0.05, 0) is 24.3 Å². The van der Waals surface area contributed by atoms with Crippen LogP contribution in [0.4, 0.5) is 0 Å². The van der Waals surface area contributed by atoms with Crippen molar-refractivity contribution in [2.75, 3.05) is 0 Å². The lowest BCUT2D eigenvalue weighted by molar-refractivity contribution is 0.0637. The minimum absolute atomic E-state index is 0. The molecule has 17 nitrogen and oxygen atoms in total. The van der Waals surface area contributed by atoms with Gasteiger partial charge in [0, 0.05) is 0 Å². The number of carboxylic acid groups (broad SMARTS) is 8. The van der Waals surface area contributed by atoms with Gasteiger partial charge in [0.2, 0.25) is 0 Å². The van der Waals surface area contributed by atoms with E-state index in [0.717, 1.165) is 0 Å². The van der Waals surface area contributed by atoms with Crippen molar-refractivity contribution in [2.24, 2.45) is 0 Å². The van der Waals surface area contributed by atoms with E-state index in [1.54, 1.807) is 0 Å². The van der Waals surface area contributed by atoms with Gasteiger partial charge in [-0.2, -0.15) is 0 Å². The van der Waals surface area contributed by atoms with Crippen LogP contribution in [0.5, 0.6) is 0 Å². The van der Waals surface area contributed by atoms with Crippen molar-refractivity contribution < 1.29 is 84.7 Å². The highest BCUT2D eigenvalue weighted by atomic mass is 16.4. The first-order chi connectivity index (χ1) is 16.5. The molecule has 0 saturated carbocycles. The second-order valence-corrected chi connectivity index (χ2v) is 6.33. The van der Waals surface area contributed by atoms with E-state index in [2.05, 4.69) is 0 Å². The topological polar surface area (TPSA) is 330 Å². The van der Waals surface area contributed by atoms with Gasteiger partial charge in [0.05, 0.1) is 44.5 Å². The SMILES string of the molecule is O.O=C(O)c1cc(C(=O)O)c(C(=O)O)cc1C(=O)O.O=C(O)c1cc(C(=O)O)c(C(=O)O)cc1C(=O)O. The second-order valence-electron chi connectivity index (χ2n) is 6.33. The first-order valence-electron chi connectivity index (χ1n) is 8.73. The summed E-state index contributed by atoms with van der Waals surface area (Å²) in [7, 11) is 0. The van der Waals surface area contributed by atoms with Crippen LogP contribution in [0.25, 0.3) is 0 Å². The van der Waals surface area contributed by atoms with Gasteiger partial charge >= 0.3 is 47.8 Å². The van der Waals surface area contributed by atoms with Gasteiger partial charge in [-0.3, -0.25) is 0 Å². The molecule has 0 fully saturated rings. The zero-order chi connectivity index (χ0) is 28.1. The van der Waals surface area contributed by atoms with Crippen LogP contribution < -0.4 is 0 Å². The Balaban J connectivity index is 0.000000682. The van der Waals surface area contributed by atoms with E-state index in [4.69, 9.17) is 40.9 Å². The van der Waals surface area contributed by atoms with Gasteiger partial charge < -0.3 is 46.3 Å². The minimum Gasteiger partial charge on any atom is -0.478 e. The first kappa shape index (κ1) is 31.2. The summed E-state index contributed by atoms with van der Waals surface area (Å²) in [6, 6.07) is 2.05. The molecule has 17 heteroatoms. The Morgan fingerprint density at radius 2 is 0.378 bits per heavy atom. The molecule has 37 heavy (non-hydrogen) atoms. The molecule has 0 aromatic heterocycles. The van der Waals surface area contributed by atoms with Crippen molar-refractivity contribution in [3.63, 3.8) is 0 Å². The van der Waals surface area contributed by atoms with Crippen LogP contribution in [-0.4, -0.2) is 94.1 Å². The summed E-state index contributed by atoms with van der Waals surface area (Å²) in [6.07, 6.45) is 0. The molecule has 0 spiro atoms. The highest BCUT2D eigenvalue weighted by molar-refractivity contribution is 6.10. The van der Waals surface area contributed by atoms with E-state index in [0.29, 0.717) is 24.3 Å². The molecule has 0 aliphatic carbocycles. The molecule has 196 valence electrons. The summed E-state index contributed by atoms with van der Waals surface area (Å²) in [5, 5.41) is 70.0. The number of rotatable bonds is 8. The fourth-order valence-corrected chi connectivity index (χ4v) is 2.61. The third-order valence-corrected chi connectivity index (χ3v) is 4.16. The molecule has 2 rings (SSSR count). The zero-order valence-electron chi connectivity index (χ0n) is 17.7. The third kappa shape index (κ3) is 7.07. The van der Waals surface area contributed by atoms with Crippen molar-refractivity contribution in [3.8, 4) is 0 Å². The van der Waals surface area contributed by atoms with Gasteiger partial charge in [0.15, 0.2) is 0 Å². The van der Waals surface area contributed by atoms with Gasteiger partial charge in [0.25, 0.3) is 0 Å². The highest BCUT2D eigenvalue weighted by Crippen LogP contribution is 2.19. The molecule has 0 atom stereocenters. The van der Waals surface area contributed by atoms with Crippen molar-refractivity contribution in [3.05, 3.63) is 68.8 Å². The van der Waals surface area contributed by atoms with Gasteiger partial charge in [-0.15, -0.1) is 0 Å².